The molecule has 1 fully saturated rings. The van der Waals surface area contributed by atoms with E-state index < -0.39 is 17.4 Å². The van der Waals surface area contributed by atoms with Crippen LogP contribution in [0.15, 0.2) is 30.3 Å². The van der Waals surface area contributed by atoms with Gasteiger partial charge in [-0.2, -0.15) is 0 Å². The lowest BCUT2D eigenvalue weighted by atomic mass is 9.97. The van der Waals surface area contributed by atoms with Crippen LogP contribution in [0.25, 0.3) is 0 Å². The van der Waals surface area contributed by atoms with E-state index in [-0.39, 0.29) is 13.2 Å². The van der Waals surface area contributed by atoms with E-state index in [1.54, 1.807) is 30.3 Å². The Morgan fingerprint density at radius 1 is 1.25 bits per heavy atom. The fraction of sp³-hybridized carbons (Fsp3) is 0.273. The molecular weight excluding hydrogens is 210 g/mol. The number of hydrogen-bond acceptors (Lipinski definition) is 3. The molecule has 84 valence electrons. The van der Waals surface area contributed by atoms with Crippen LogP contribution in [0.4, 0.5) is 0 Å². The third-order valence-electron chi connectivity index (χ3n) is 2.50. The van der Waals surface area contributed by atoms with Crippen molar-refractivity contribution in [1.82, 2.24) is 5.32 Å². The molecule has 1 aliphatic rings. The van der Waals surface area contributed by atoms with Gasteiger partial charge in [-0.25, -0.2) is 4.79 Å². The molecule has 0 bridgehead atoms. The first-order valence-corrected chi connectivity index (χ1v) is 4.83. The zero-order valence-electron chi connectivity index (χ0n) is 8.47. The van der Waals surface area contributed by atoms with E-state index in [1.807, 2.05) is 0 Å². The van der Waals surface area contributed by atoms with Crippen LogP contribution in [0, 0.1) is 0 Å². The quantitative estimate of drug-likeness (QED) is 0.768. The third-order valence-corrected chi connectivity index (χ3v) is 2.50. The molecule has 1 aromatic carbocycles. The maximum absolute atomic E-state index is 11.7. The fourth-order valence-electron chi connectivity index (χ4n) is 1.43. The minimum Gasteiger partial charge on any atom is -0.479 e. The molecule has 0 unspecified atom stereocenters. The second kappa shape index (κ2) is 3.94. The number of amides is 1. The summed E-state index contributed by atoms with van der Waals surface area (Å²) >= 11 is 0. The summed E-state index contributed by atoms with van der Waals surface area (Å²) in [5.74, 6) is -1.46. The van der Waals surface area contributed by atoms with Gasteiger partial charge in [0, 0.05) is 5.56 Å². The van der Waals surface area contributed by atoms with Gasteiger partial charge in [0.1, 0.15) is 0 Å². The van der Waals surface area contributed by atoms with Gasteiger partial charge in [-0.15, -0.1) is 0 Å². The first kappa shape index (κ1) is 10.6. The highest BCUT2D eigenvalue weighted by atomic mass is 16.5. The molecule has 0 spiro atoms. The topological polar surface area (TPSA) is 75.6 Å². The van der Waals surface area contributed by atoms with E-state index in [4.69, 9.17) is 9.84 Å². The highest BCUT2D eigenvalue weighted by Crippen LogP contribution is 2.17. The first-order chi connectivity index (χ1) is 7.64. The zero-order valence-corrected chi connectivity index (χ0v) is 8.47. The highest BCUT2D eigenvalue weighted by Gasteiger charge is 2.47. The fourth-order valence-corrected chi connectivity index (χ4v) is 1.43. The van der Waals surface area contributed by atoms with Crippen LogP contribution in [-0.2, 0) is 9.53 Å². The summed E-state index contributed by atoms with van der Waals surface area (Å²) in [5, 5.41) is 11.5. The van der Waals surface area contributed by atoms with Gasteiger partial charge in [-0.1, -0.05) is 18.2 Å². The number of carbonyl (C=O) groups is 2. The summed E-state index contributed by atoms with van der Waals surface area (Å²) in [6.07, 6.45) is 0. The molecule has 5 heteroatoms. The molecule has 0 saturated carbocycles. The Balaban J connectivity index is 2.10. The predicted octanol–water partition coefficient (Wildman–Crippen LogP) is 0.270. The van der Waals surface area contributed by atoms with Crippen LogP contribution in [0.3, 0.4) is 0 Å². The van der Waals surface area contributed by atoms with Crippen molar-refractivity contribution in [2.24, 2.45) is 0 Å². The van der Waals surface area contributed by atoms with Crippen LogP contribution < -0.4 is 5.32 Å². The molecule has 1 aliphatic heterocycles. The van der Waals surface area contributed by atoms with Crippen LogP contribution in [-0.4, -0.2) is 35.7 Å². The van der Waals surface area contributed by atoms with E-state index in [0.29, 0.717) is 5.56 Å². The molecule has 1 amide bonds. The normalized spacial score (nSPS) is 17.2. The molecule has 1 heterocycles. The Morgan fingerprint density at radius 2 is 1.88 bits per heavy atom. The smallest absolute Gasteiger partial charge is 0.334 e. The number of aliphatic carboxylic acids is 1. The van der Waals surface area contributed by atoms with E-state index in [9.17, 15) is 9.59 Å². The van der Waals surface area contributed by atoms with Gasteiger partial charge in [0.2, 0.25) is 0 Å². The third kappa shape index (κ3) is 1.77. The predicted molar refractivity (Wildman–Crippen MR) is 55.1 cm³/mol. The molecule has 0 aliphatic carbocycles. The Kier molecular flexibility index (Phi) is 2.62. The molecule has 16 heavy (non-hydrogen) atoms. The molecule has 0 atom stereocenters. The molecular formula is C11H11NO4. The minimum atomic E-state index is -1.26. The summed E-state index contributed by atoms with van der Waals surface area (Å²) in [4.78, 5) is 22.7. The molecule has 0 radical (unpaired) electrons. The number of nitrogens with one attached hydrogen (secondary N) is 1. The van der Waals surface area contributed by atoms with E-state index in [0.717, 1.165) is 0 Å². The van der Waals surface area contributed by atoms with Gasteiger partial charge in [0.15, 0.2) is 5.54 Å². The van der Waals surface area contributed by atoms with E-state index in [1.165, 1.54) is 0 Å². The average molecular weight is 221 g/mol. The van der Waals surface area contributed by atoms with Crippen molar-refractivity contribution in [2.45, 2.75) is 5.54 Å². The summed E-state index contributed by atoms with van der Waals surface area (Å²) in [6, 6.07) is 8.49. The molecule has 0 aromatic heterocycles. The van der Waals surface area contributed by atoms with Gasteiger partial charge >= 0.3 is 5.97 Å². The van der Waals surface area contributed by atoms with Crippen molar-refractivity contribution >= 4 is 11.9 Å². The van der Waals surface area contributed by atoms with Gasteiger partial charge < -0.3 is 15.2 Å². The molecule has 5 nitrogen and oxygen atoms in total. The summed E-state index contributed by atoms with van der Waals surface area (Å²) in [5.41, 5.74) is -0.817. The van der Waals surface area contributed by atoms with Crippen molar-refractivity contribution in [1.29, 1.82) is 0 Å². The van der Waals surface area contributed by atoms with Gasteiger partial charge in [0.05, 0.1) is 13.2 Å². The summed E-state index contributed by atoms with van der Waals surface area (Å²) in [7, 11) is 0. The Hall–Kier alpha value is -1.88. The van der Waals surface area contributed by atoms with Crippen molar-refractivity contribution < 1.29 is 19.4 Å². The zero-order chi connectivity index (χ0) is 11.6. The van der Waals surface area contributed by atoms with E-state index in [2.05, 4.69) is 5.32 Å². The van der Waals surface area contributed by atoms with Gasteiger partial charge in [-0.3, -0.25) is 4.79 Å². The summed E-state index contributed by atoms with van der Waals surface area (Å²) in [6.45, 7) is 0.0296. The number of carbonyl (C=O) groups excluding carboxylic acids is 1. The van der Waals surface area contributed by atoms with Crippen molar-refractivity contribution in [3.05, 3.63) is 35.9 Å². The average Bonchev–Trinajstić information content (AvgIpc) is 2.24. The SMILES string of the molecule is O=C(NC1(C(=O)O)COC1)c1ccccc1. The monoisotopic (exact) mass is 221 g/mol. The maximum Gasteiger partial charge on any atom is 0.334 e. The number of rotatable bonds is 3. The molecule has 2 rings (SSSR count). The number of ether oxygens (including phenoxy) is 1. The number of hydrogen-bond donors (Lipinski definition) is 2. The van der Waals surface area contributed by atoms with Crippen LogP contribution in [0.5, 0.6) is 0 Å². The first-order valence-electron chi connectivity index (χ1n) is 4.83. The summed E-state index contributed by atoms with van der Waals surface area (Å²) < 4.78 is 4.84. The largest absolute Gasteiger partial charge is 0.479 e. The lowest BCUT2D eigenvalue weighted by Crippen LogP contribution is -2.67. The van der Waals surface area contributed by atoms with Crippen molar-refractivity contribution in [3.63, 3.8) is 0 Å². The second-order valence-electron chi connectivity index (χ2n) is 3.70. The van der Waals surface area contributed by atoms with Crippen LogP contribution in [0.2, 0.25) is 0 Å². The standard InChI is InChI=1S/C11H11NO4/c13-9(8-4-2-1-3-5-8)12-11(10(14)15)6-16-7-11/h1-5H,6-7H2,(H,12,13)(H,14,15). The second-order valence-corrected chi connectivity index (χ2v) is 3.70. The number of carboxylic acids is 1. The lowest BCUT2D eigenvalue weighted by Gasteiger charge is -2.37. The highest BCUT2D eigenvalue weighted by molar-refractivity contribution is 5.98. The number of carboxylic acid groups (broad SMARTS) is 1. The van der Waals surface area contributed by atoms with Crippen LogP contribution in [0.1, 0.15) is 10.4 Å². The van der Waals surface area contributed by atoms with Crippen LogP contribution >= 0.6 is 0 Å². The van der Waals surface area contributed by atoms with Crippen molar-refractivity contribution in [3.8, 4) is 0 Å². The Morgan fingerprint density at radius 3 is 2.31 bits per heavy atom. The van der Waals surface area contributed by atoms with Gasteiger partial charge in [-0.05, 0) is 12.1 Å². The minimum absolute atomic E-state index is 0.0148. The molecule has 2 N–H and O–H groups in total. The van der Waals surface area contributed by atoms with Crippen molar-refractivity contribution in [2.75, 3.05) is 13.2 Å². The number of benzene rings is 1. The Bertz CT molecular complexity index is 411. The maximum atomic E-state index is 11.7. The van der Waals surface area contributed by atoms with E-state index >= 15 is 0 Å². The van der Waals surface area contributed by atoms with Gasteiger partial charge in [0.25, 0.3) is 5.91 Å². The molecule has 1 aromatic rings. The Labute approximate surface area is 92.0 Å². The lowest BCUT2D eigenvalue weighted by molar-refractivity contribution is -0.164. The molecule has 1 saturated heterocycles.